The van der Waals surface area contributed by atoms with E-state index >= 15 is 0 Å². The zero-order valence-corrected chi connectivity index (χ0v) is 14.9. The Bertz CT molecular complexity index is 977. The maximum atomic E-state index is 11.9. The second kappa shape index (κ2) is 5.93. The molecule has 1 atom stereocenters. The molecule has 3 aromatic rings. The fourth-order valence-electron chi connectivity index (χ4n) is 2.98. The van der Waals surface area contributed by atoms with E-state index in [1.165, 1.54) is 0 Å². The van der Waals surface area contributed by atoms with Crippen LogP contribution in [0.25, 0.3) is 16.2 Å². The van der Waals surface area contributed by atoms with Gasteiger partial charge in [0.05, 0.1) is 4.92 Å². The topological polar surface area (TPSA) is 115 Å². The van der Waals surface area contributed by atoms with Gasteiger partial charge in [-0.1, -0.05) is 18.2 Å². The molecule has 4 rings (SSSR count). The fraction of sp³-hybridized carbons (Fsp3) is 0.143. The molecule has 3 heterocycles. The molecule has 0 amide bonds. The van der Waals surface area contributed by atoms with Gasteiger partial charge in [0.15, 0.2) is 0 Å². The Morgan fingerprint density at radius 2 is 2.17 bits per heavy atom. The second-order valence-corrected chi connectivity index (χ2v) is 5.22. The number of nitro groups is 1. The predicted molar refractivity (Wildman–Crippen MR) is 78.3 cm³/mol. The number of rotatable bonds is 2. The van der Waals surface area contributed by atoms with Gasteiger partial charge >= 0.3 is 29.6 Å². The summed E-state index contributed by atoms with van der Waals surface area (Å²) in [6.07, 6.45) is 2.89. The van der Waals surface area contributed by atoms with Crippen LogP contribution in [-0.2, 0) is 7.05 Å². The summed E-state index contributed by atoms with van der Waals surface area (Å²) in [5.74, 6) is -0.837. The van der Waals surface area contributed by atoms with Crippen molar-refractivity contribution in [3.8, 4) is 0 Å². The van der Waals surface area contributed by atoms with Crippen molar-refractivity contribution in [1.29, 1.82) is 0 Å². The summed E-state index contributed by atoms with van der Waals surface area (Å²) in [5.41, 5.74) is 1.37. The van der Waals surface area contributed by atoms with E-state index in [9.17, 15) is 15.3 Å². The molecular weight excluding hydrogens is 325 g/mol. The van der Waals surface area contributed by atoms with Gasteiger partial charge in [-0.25, -0.2) is 0 Å². The molecule has 24 heavy (non-hydrogen) atoms. The first-order chi connectivity index (χ1) is 11.1. The van der Waals surface area contributed by atoms with Crippen molar-refractivity contribution in [3.63, 3.8) is 0 Å². The van der Waals surface area contributed by atoms with E-state index in [0.29, 0.717) is 5.56 Å². The van der Waals surface area contributed by atoms with Crippen LogP contribution in [0.3, 0.4) is 0 Å². The first kappa shape index (κ1) is 16.5. The summed E-state index contributed by atoms with van der Waals surface area (Å²) >= 11 is 0. The minimum atomic E-state index is -0.896. The maximum Gasteiger partial charge on any atom is 1.00 e. The van der Waals surface area contributed by atoms with Crippen LogP contribution >= 0.6 is 0 Å². The molecule has 116 valence electrons. The SMILES string of the molecule is Cn1cc(C2C([N+](=O)[O-])=C[N-]c3no[n+]([O-])c32)c2ccccc21.[Na+]. The summed E-state index contributed by atoms with van der Waals surface area (Å²) in [5, 5.41) is 31.6. The van der Waals surface area contributed by atoms with Crippen molar-refractivity contribution in [1.82, 2.24) is 9.72 Å². The monoisotopic (exact) mass is 335 g/mol. The molecule has 0 saturated carbocycles. The number of benzene rings is 1. The van der Waals surface area contributed by atoms with Crippen molar-refractivity contribution < 1.29 is 44.0 Å². The van der Waals surface area contributed by atoms with Crippen LogP contribution in [0.2, 0.25) is 0 Å². The Morgan fingerprint density at radius 1 is 1.42 bits per heavy atom. The van der Waals surface area contributed by atoms with E-state index in [1.807, 2.05) is 35.9 Å². The Balaban J connectivity index is 0.00000169. The fourth-order valence-corrected chi connectivity index (χ4v) is 2.98. The number of aromatic nitrogens is 3. The van der Waals surface area contributed by atoms with Crippen LogP contribution in [0.4, 0.5) is 5.82 Å². The zero-order valence-electron chi connectivity index (χ0n) is 12.9. The summed E-state index contributed by atoms with van der Waals surface area (Å²) in [4.78, 5) is 11.1. The zero-order chi connectivity index (χ0) is 16.1. The molecule has 2 aromatic heterocycles. The van der Waals surface area contributed by atoms with Crippen molar-refractivity contribution in [2.75, 3.05) is 0 Å². The van der Waals surface area contributed by atoms with Crippen LogP contribution in [0.1, 0.15) is 17.2 Å². The molecule has 0 saturated heterocycles. The quantitative estimate of drug-likeness (QED) is 0.260. The Morgan fingerprint density at radius 3 is 2.92 bits per heavy atom. The molecule has 1 aliphatic rings. The summed E-state index contributed by atoms with van der Waals surface area (Å²) in [6, 6.07) is 7.48. The average Bonchev–Trinajstić information content (AvgIpc) is 3.08. The van der Waals surface area contributed by atoms with Crippen molar-refractivity contribution in [2.24, 2.45) is 7.05 Å². The van der Waals surface area contributed by atoms with Gasteiger partial charge in [0.2, 0.25) is 11.5 Å². The molecule has 1 aromatic carbocycles. The second-order valence-electron chi connectivity index (χ2n) is 5.22. The number of aryl methyl sites for hydroxylation is 1. The van der Waals surface area contributed by atoms with Crippen molar-refractivity contribution in [2.45, 2.75) is 5.92 Å². The van der Waals surface area contributed by atoms with Crippen LogP contribution in [0.5, 0.6) is 0 Å². The van der Waals surface area contributed by atoms with Gasteiger partial charge in [-0.15, -0.1) is 0 Å². The summed E-state index contributed by atoms with van der Waals surface area (Å²) in [7, 11) is 1.84. The average molecular weight is 335 g/mol. The van der Waals surface area contributed by atoms with Gasteiger partial charge < -0.3 is 15.1 Å². The maximum absolute atomic E-state index is 11.9. The van der Waals surface area contributed by atoms with Crippen LogP contribution in [0.15, 0.2) is 47.0 Å². The molecule has 0 fully saturated rings. The van der Waals surface area contributed by atoms with Crippen LogP contribution in [0, 0.1) is 15.3 Å². The van der Waals surface area contributed by atoms with E-state index in [-0.39, 0.29) is 51.7 Å². The molecule has 1 unspecified atom stereocenters. The predicted octanol–water partition coefficient (Wildman–Crippen LogP) is -0.928. The third kappa shape index (κ3) is 2.29. The van der Waals surface area contributed by atoms with E-state index in [4.69, 9.17) is 0 Å². The first-order valence-corrected chi connectivity index (χ1v) is 6.77. The van der Waals surface area contributed by atoms with Crippen LogP contribution in [-0.4, -0.2) is 14.6 Å². The molecular formula is C14H10N5NaO4. The van der Waals surface area contributed by atoms with Gasteiger partial charge in [0.25, 0.3) is 5.70 Å². The minimum absolute atomic E-state index is 0. The molecule has 0 aliphatic carbocycles. The van der Waals surface area contributed by atoms with E-state index in [1.54, 1.807) is 6.20 Å². The molecule has 0 bridgehead atoms. The third-order valence-corrected chi connectivity index (χ3v) is 3.97. The van der Waals surface area contributed by atoms with Crippen molar-refractivity contribution >= 4 is 16.7 Å². The molecule has 9 nitrogen and oxygen atoms in total. The number of allylic oxidation sites excluding steroid dienone is 1. The van der Waals surface area contributed by atoms with Gasteiger partial charge in [-0.3, -0.25) is 14.7 Å². The number of para-hydroxylation sites is 1. The first-order valence-electron chi connectivity index (χ1n) is 6.77. The van der Waals surface area contributed by atoms with E-state index in [2.05, 4.69) is 15.1 Å². The largest absolute Gasteiger partial charge is 1.00 e. The molecule has 0 radical (unpaired) electrons. The minimum Gasteiger partial charge on any atom is -0.389 e. The van der Waals surface area contributed by atoms with Gasteiger partial charge in [-0.2, -0.15) is 0 Å². The van der Waals surface area contributed by atoms with Crippen molar-refractivity contribution in [3.05, 3.63) is 74.3 Å². The molecule has 0 spiro atoms. The van der Waals surface area contributed by atoms with E-state index in [0.717, 1.165) is 17.1 Å². The molecule has 10 heteroatoms. The third-order valence-electron chi connectivity index (χ3n) is 3.97. The number of fused-ring (bicyclic) bond motifs is 2. The van der Waals surface area contributed by atoms with Gasteiger partial charge in [0.1, 0.15) is 5.92 Å². The Labute approximate surface area is 157 Å². The van der Waals surface area contributed by atoms with Gasteiger partial charge in [0, 0.05) is 29.3 Å². The van der Waals surface area contributed by atoms with Gasteiger partial charge in [-0.05, 0) is 22.7 Å². The normalized spacial score (nSPS) is 16.0. The van der Waals surface area contributed by atoms with Crippen LogP contribution < -0.4 is 34.5 Å². The number of hydrogen-bond acceptors (Lipinski definition) is 5. The molecule has 0 N–H and O–H groups in total. The van der Waals surface area contributed by atoms with E-state index < -0.39 is 10.8 Å². The standard InChI is InChI=1S/C14H10N5O4.Na/c1-17-7-9(8-4-2-3-5-10(8)17)12-11(18(20)21)6-15-14-13(12)19(22)23-16-14;/h2-7,12H,1H3;/q-1;+1. The molecule has 1 aliphatic heterocycles. The Hall–Kier alpha value is -2.36. The Kier molecular flexibility index (Phi) is 4.08. The number of hydrogen-bond donors (Lipinski definition) is 0. The summed E-state index contributed by atoms with van der Waals surface area (Å²) in [6.45, 7) is 0. The summed E-state index contributed by atoms with van der Waals surface area (Å²) < 4.78 is 6.43. The number of nitrogens with zero attached hydrogens (tertiary/aromatic N) is 5. The smallest absolute Gasteiger partial charge is 0.389 e.